The van der Waals surface area contributed by atoms with Crippen molar-refractivity contribution in [1.29, 1.82) is 0 Å². The molecule has 3 heteroatoms. The number of likely N-dealkylation sites (N-methyl/N-ethyl adjacent to an activating group) is 1. The van der Waals surface area contributed by atoms with Gasteiger partial charge in [0, 0.05) is 32.8 Å². The van der Waals surface area contributed by atoms with E-state index in [1.54, 1.807) is 7.11 Å². The maximum absolute atomic E-state index is 5.12. The molecular formula is C16H30N2O. The Morgan fingerprint density at radius 2 is 1.95 bits per heavy atom. The Morgan fingerprint density at radius 1 is 1.11 bits per heavy atom. The molecule has 0 spiro atoms. The van der Waals surface area contributed by atoms with Crippen LogP contribution in [0.5, 0.6) is 0 Å². The number of nitrogens with one attached hydrogen (secondary N) is 1. The molecule has 0 aromatic rings. The first-order valence-electron chi connectivity index (χ1n) is 8.20. The summed E-state index contributed by atoms with van der Waals surface area (Å²) in [6, 6.07) is 0.833. The van der Waals surface area contributed by atoms with E-state index >= 15 is 0 Å². The molecule has 0 radical (unpaired) electrons. The number of rotatable bonds is 7. The summed E-state index contributed by atoms with van der Waals surface area (Å²) >= 11 is 0. The van der Waals surface area contributed by atoms with Gasteiger partial charge in [0.2, 0.25) is 0 Å². The van der Waals surface area contributed by atoms with Crippen LogP contribution in [0.25, 0.3) is 0 Å². The summed E-state index contributed by atoms with van der Waals surface area (Å²) < 4.78 is 5.12. The smallest absolute Gasteiger partial charge is 0.0589 e. The number of hydrogen-bond donors (Lipinski definition) is 1. The number of nitrogens with zero attached hydrogens (tertiary/aromatic N) is 1. The van der Waals surface area contributed by atoms with Crippen molar-refractivity contribution in [3.05, 3.63) is 0 Å². The van der Waals surface area contributed by atoms with Gasteiger partial charge in [-0.1, -0.05) is 6.42 Å². The highest BCUT2D eigenvalue weighted by molar-refractivity contribution is 5.05. The van der Waals surface area contributed by atoms with Crippen LogP contribution in [0, 0.1) is 23.7 Å². The molecule has 0 saturated heterocycles. The largest absolute Gasteiger partial charge is 0.383 e. The Bertz CT molecular complexity index is 296. The minimum absolute atomic E-state index is 0.833. The average Bonchev–Trinajstić information content (AvgIpc) is 3.07. The van der Waals surface area contributed by atoms with Crippen molar-refractivity contribution in [3.63, 3.8) is 0 Å². The molecule has 0 aromatic carbocycles. The molecule has 2 bridgehead atoms. The lowest BCUT2D eigenvalue weighted by molar-refractivity contribution is 0.158. The van der Waals surface area contributed by atoms with Crippen LogP contribution in [0.15, 0.2) is 0 Å². The van der Waals surface area contributed by atoms with Crippen LogP contribution in [-0.2, 0) is 4.74 Å². The average molecular weight is 266 g/mol. The van der Waals surface area contributed by atoms with Crippen molar-refractivity contribution in [2.24, 2.45) is 23.7 Å². The second kappa shape index (κ2) is 6.11. The van der Waals surface area contributed by atoms with Gasteiger partial charge in [-0.3, -0.25) is 0 Å². The quantitative estimate of drug-likeness (QED) is 0.762. The summed E-state index contributed by atoms with van der Waals surface area (Å²) in [5, 5.41) is 3.85. The van der Waals surface area contributed by atoms with E-state index in [0.29, 0.717) is 0 Å². The first-order chi connectivity index (χ1) is 9.29. The van der Waals surface area contributed by atoms with Gasteiger partial charge in [0.05, 0.1) is 6.61 Å². The van der Waals surface area contributed by atoms with Crippen LogP contribution in [0.3, 0.4) is 0 Å². The standard InChI is InChI=1S/C16H30N2O/c1-18(8-9-19-2)7-6-17-16-11-12-10-15(16)14-5-3-4-13(12)14/h12-17H,3-11H2,1-2H3. The minimum Gasteiger partial charge on any atom is -0.383 e. The molecule has 3 rings (SSSR count). The Labute approximate surface area is 118 Å². The lowest BCUT2D eigenvalue weighted by atomic mass is 9.79. The summed E-state index contributed by atoms with van der Waals surface area (Å²) in [5.41, 5.74) is 0. The zero-order valence-corrected chi connectivity index (χ0v) is 12.6. The number of ether oxygens (including phenoxy) is 1. The van der Waals surface area contributed by atoms with Gasteiger partial charge in [-0.15, -0.1) is 0 Å². The van der Waals surface area contributed by atoms with E-state index < -0.39 is 0 Å². The van der Waals surface area contributed by atoms with Crippen molar-refractivity contribution < 1.29 is 4.74 Å². The fraction of sp³-hybridized carbons (Fsp3) is 1.00. The molecule has 19 heavy (non-hydrogen) atoms. The van der Waals surface area contributed by atoms with Crippen LogP contribution in [0.2, 0.25) is 0 Å². The maximum Gasteiger partial charge on any atom is 0.0589 e. The van der Waals surface area contributed by atoms with E-state index in [1.165, 1.54) is 32.1 Å². The molecule has 3 aliphatic carbocycles. The predicted molar refractivity (Wildman–Crippen MR) is 78.2 cm³/mol. The summed E-state index contributed by atoms with van der Waals surface area (Å²) in [5.74, 6) is 4.29. The van der Waals surface area contributed by atoms with Crippen LogP contribution in [0.1, 0.15) is 32.1 Å². The lowest BCUT2D eigenvalue weighted by Crippen LogP contribution is -2.42. The molecule has 5 atom stereocenters. The van der Waals surface area contributed by atoms with E-state index in [0.717, 1.165) is 56.0 Å². The molecule has 3 nitrogen and oxygen atoms in total. The highest BCUT2D eigenvalue weighted by atomic mass is 16.5. The molecule has 0 aromatic heterocycles. The zero-order chi connectivity index (χ0) is 13.2. The zero-order valence-electron chi connectivity index (χ0n) is 12.6. The Kier molecular flexibility index (Phi) is 4.45. The molecular weight excluding hydrogens is 236 g/mol. The normalized spacial score (nSPS) is 40.3. The number of fused-ring (bicyclic) bond motifs is 5. The molecule has 3 fully saturated rings. The highest BCUT2D eigenvalue weighted by Crippen LogP contribution is 2.58. The van der Waals surface area contributed by atoms with Gasteiger partial charge < -0.3 is 15.0 Å². The van der Waals surface area contributed by atoms with E-state index in [1.807, 2.05) is 0 Å². The predicted octanol–water partition coefficient (Wildman–Crippen LogP) is 1.98. The molecule has 0 amide bonds. The Morgan fingerprint density at radius 3 is 2.79 bits per heavy atom. The van der Waals surface area contributed by atoms with Gasteiger partial charge in [0.25, 0.3) is 0 Å². The van der Waals surface area contributed by atoms with Crippen molar-refractivity contribution in [2.45, 2.75) is 38.1 Å². The molecule has 3 saturated carbocycles. The van der Waals surface area contributed by atoms with Gasteiger partial charge in [-0.2, -0.15) is 0 Å². The highest BCUT2D eigenvalue weighted by Gasteiger charge is 2.53. The topological polar surface area (TPSA) is 24.5 Å². The second-order valence-corrected chi connectivity index (χ2v) is 7.01. The number of methoxy groups -OCH3 is 1. The van der Waals surface area contributed by atoms with E-state index in [-0.39, 0.29) is 0 Å². The number of hydrogen-bond acceptors (Lipinski definition) is 3. The molecule has 110 valence electrons. The second-order valence-electron chi connectivity index (χ2n) is 7.01. The lowest BCUT2D eigenvalue weighted by Gasteiger charge is -2.32. The fourth-order valence-electron chi connectivity index (χ4n) is 5.10. The van der Waals surface area contributed by atoms with Crippen LogP contribution in [-0.4, -0.2) is 51.3 Å². The summed E-state index contributed by atoms with van der Waals surface area (Å²) in [6.07, 6.45) is 7.57. The summed E-state index contributed by atoms with van der Waals surface area (Å²) in [7, 11) is 3.97. The van der Waals surface area contributed by atoms with Gasteiger partial charge >= 0.3 is 0 Å². The third kappa shape index (κ3) is 2.84. The summed E-state index contributed by atoms with van der Waals surface area (Å²) in [6.45, 7) is 4.17. The van der Waals surface area contributed by atoms with Crippen LogP contribution in [0.4, 0.5) is 0 Å². The van der Waals surface area contributed by atoms with E-state index in [2.05, 4.69) is 17.3 Å². The molecule has 1 N–H and O–H groups in total. The molecule has 5 unspecified atom stereocenters. The molecule has 0 heterocycles. The third-order valence-corrected chi connectivity index (χ3v) is 6.01. The van der Waals surface area contributed by atoms with Crippen molar-refractivity contribution in [2.75, 3.05) is 40.4 Å². The third-order valence-electron chi connectivity index (χ3n) is 6.01. The maximum atomic E-state index is 5.12. The van der Waals surface area contributed by atoms with Crippen LogP contribution < -0.4 is 5.32 Å². The Hall–Kier alpha value is -0.120. The van der Waals surface area contributed by atoms with Gasteiger partial charge in [-0.05, 0) is 56.4 Å². The van der Waals surface area contributed by atoms with Crippen molar-refractivity contribution in [1.82, 2.24) is 10.2 Å². The van der Waals surface area contributed by atoms with E-state index in [9.17, 15) is 0 Å². The molecule has 3 aliphatic rings. The van der Waals surface area contributed by atoms with Gasteiger partial charge in [0.15, 0.2) is 0 Å². The Balaban J connectivity index is 1.38. The minimum atomic E-state index is 0.833. The monoisotopic (exact) mass is 266 g/mol. The van der Waals surface area contributed by atoms with Crippen molar-refractivity contribution >= 4 is 0 Å². The van der Waals surface area contributed by atoms with Gasteiger partial charge in [-0.25, -0.2) is 0 Å². The van der Waals surface area contributed by atoms with Crippen molar-refractivity contribution in [3.8, 4) is 0 Å². The first kappa shape index (κ1) is 13.8. The first-order valence-corrected chi connectivity index (χ1v) is 8.20. The van der Waals surface area contributed by atoms with E-state index in [4.69, 9.17) is 4.74 Å². The fourth-order valence-corrected chi connectivity index (χ4v) is 5.10. The molecule has 0 aliphatic heterocycles. The SMILES string of the molecule is COCCN(C)CCNC1CC2CC1C1CCCC21. The van der Waals surface area contributed by atoms with Gasteiger partial charge in [0.1, 0.15) is 0 Å². The van der Waals surface area contributed by atoms with Crippen LogP contribution >= 0.6 is 0 Å². The summed E-state index contributed by atoms with van der Waals surface area (Å²) in [4.78, 5) is 2.36.